The highest BCUT2D eigenvalue weighted by molar-refractivity contribution is 6.42. The largest absolute Gasteiger partial charge is 0.465 e. The van der Waals surface area contributed by atoms with Gasteiger partial charge in [-0.25, -0.2) is 9.18 Å². The van der Waals surface area contributed by atoms with E-state index in [1.54, 1.807) is 0 Å². The Morgan fingerprint density at radius 3 is 2.27 bits per heavy atom. The third-order valence-corrected chi connectivity index (χ3v) is 3.68. The number of aromatic nitrogens is 1. The van der Waals surface area contributed by atoms with Gasteiger partial charge in [-0.3, -0.25) is 0 Å². The Kier molecular flexibility index (Phi) is 4.70. The van der Waals surface area contributed by atoms with E-state index in [2.05, 4.69) is 9.89 Å². The fourth-order valence-corrected chi connectivity index (χ4v) is 2.92. The van der Waals surface area contributed by atoms with Gasteiger partial charge in [-0.1, -0.05) is 40.0 Å². The summed E-state index contributed by atoms with van der Waals surface area (Å²) in [5.41, 5.74) is -1.90. The summed E-state index contributed by atoms with van der Waals surface area (Å²) in [6, 6.07) is 2.86. The number of nitrogens with zero attached hydrogens (tertiary/aromatic N) is 1. The summed E-state index contributed by atoms with van der Waals surface area (Å²) in [6.07, 6.45) is 0. The lowest BCUT2D eigenvalue weighted by Gasteiger charge is -2.12. The fraction of sp³-hybridized carbons (Fsp3) is 0.286. The van der Waals surface area contributed by atoms with Crippen LogP contribution < -0.4 is 0 Å². The number of ether oxygens (including phenoxy) is 1. The number of hydrogen-bond acceptors (Lipinski definition) is 4. The molecule has 1 heterocycles. The average Bonchev–Trinajstić information content (AvgIpc) is 2.81. The molecule has 22 heavy (non-hydrogen) atoms. The van der Waals surface area contributed by atoms with Gasteiger partial charge in [0.05, 0.1) is 17.2 Å². The first-order valence-electron chi connectivity index (χ1n) is 6.09. The lowest BCUT2D eigenvalue weighted by Crippen LogP contribution is -2.15. The molecule has 8 heteroatoms. The smallest absolute Gasteiger partial charge is 0.343 e. The molecule has 1 aromatic carbocycles. The van der Waals surface area contributed by atoms with E-state index < -0.39 is 11.6 Å². The first-order valence-corrected chi connectivity index (χ1v) is 7.22. The molecule has 0 fully saturated rings. The van der Waals surface area contributed by atoms with E-state index in [1.165, 1.54) is 33.1 Å². The average molecular weight is 367 g/mol. The van der Waals surface area contributed by atoms with Gasteiger partial charge in [-0.05, 0) is 26.0 Å². The van der Waals surface area contributed by atoms with Crippen LogP contribution in [0.5, 0.6) is 0 Å². The normalized spacial score (nSPS) is 11.6. The van der Waals surface area contributed by atoms with Crippen molar-refractivity contribution in [1.29, 1.82) is 0 Å². The highest BCUT2D eigenvalue weighted by Crippen LogP contribution is 2.41. The Bertz CT molecular complexity index is 714. The summed E-state index contributed by atoms with van der Waals surface area (Å²) in [5, 5.41) is 4.36. The fourth-order valence-electron chi connectivity index (χ4n) is 1.93. The van der Waals surface area contributed by atoms with Gasteiger partial charge in [0, 0.05) is 10.6 Å². The van der Waals surface area contributed by atoms with Crippen molar-refractivity contribution in [1.82, 2.24) is 5.16 Å². The molecule has 0 unspecified atom stereocenters. The van der Waals surface area contributed by atoms with Gasteiger partial charge in [-0.15, -0.1) is 0 Å². The molecule has 4 nitrogen and oxygen atoms in total. The molecular formula is C14H11Cl3FNO3. The molecule has 0 spiro atoms. The van der Waals surface area contributed by atoms with Gasteiger partial charge >= 0.3 is 5.97 Å². The molecule has 0 amide bonds. The number of carbonyl (C=O) groups excluding carboxylic acids is 1. The van der Waals surface area contributed by atoms with Crippen molar-refractivity contribution < 1.29 is 18.4 Å². The molecule has 0 aliphatic rings. The summed E-state index contributed by atoms with van der Waals surface area (Å²) in [6.45, 7) is 2.46. The molecule has 0 bridgehead atoms. The number of alkyl halides is 1. The van der Waals surface area contributed by atoms with Crippen molar-refractivity contribution in [3.05, 3.63) is 38.5 Å². The van der Waals surface area contributed by atoms with Crippen LogP contribution in [-0.2, 0) is 10.4 Å². The van der Waals surface area contributed by atoms with E-state index in [0.717, 1.165) is 0 Å². The van der Waals surface area contributed by atoms with Crippen molar-refractivity contribution in [2.75, 3.05) is 7.11 Å². The number of methoxy groups -OCH3 is 1. The van der Waals surface area contributed by atoms with Crippen LogP contribution in [0.1, 0.15) is 30.0 Å². The van der Waals surface area contributed by atoms with Crippen molar-refractivity contribution in [3.63, 3.8) is 0 Å². The Labute approximate surface area is 141 Å². The van der Waals surface area contributed by atoms with Crippen LogP contribution in [0, 0.1) is 0 Å². The van der Waals surface area contributed by atoms with E-state index in [4.69, 9.17) is 39.3 Å². The molecular weight excluding hydrogens is 356 g/mol. The van der Waals surface area contributed by atoms with Crippen molar-refractivity contribution >= 4 is 40.8 Å². The minimum absolute atomic E-state index is 0.000702. The van der Waals surface area contributed by atoms with E-state index >= 15 is 0 Å². The predicted octanol–water partition coefficient (Wildman–Crippen LogP) is 5.29. The Morgan fingerprint density at radius 2 is 1.82 bits per heavy atom. The highest BCUT2D eigenvalue weighted by Gasteiger charge is 2.36. The number of hydrogen-bond donors (Lipinski definition) is 0. The second kappa shape index (κ2) is 6.07. The Morgan fingerprint density at radius 1 is 1.27 bits per heavy atom. The molecule has 0 aliphatic heterocycles. The van der Waals surface area contributed by atoms with Gasteiger partial charge in [-0.2, -0.15) is 0 Å². The molecule has 0 atom stereocenters. The first-order chi connectivity index (χ1) is 10.2. The van der Waals surface area contributed by atoms with Crippen LogP contribution in [0.3, 0.4) is 0 Å². The number of halogens is 4. The quantitative estimate of drug-likeness (QED) is 0.692. The monoisotopic (exact) mass is 365 g/mol. The molecule has 0 saturated carbocycles. The summed E-state index contributed by atoms with van der Waals surface area (Å²) >= 11 is 18.1. The van der Waals surface area contributed by atoms with Crippen LogP contribution >= 0.6 is 34.8 Å². The SMILES string of the molecule is COC(=O)c1c(-c2c(Cl)cc(Cl)cc2Cl)noc1C(C)(C)F. The van der Waals surface area contributed by atoms with Gasteiger partial charge in [0.25, 0.3) is 0 Å². The summed E-state index contributed by atoms with van der Waals surface area (Å²) in [4.78, 5) is 12.0. The minimum Gasteiger partial charge on any atom is -0.465 e. The molecule has 0 aliphatic carbocycles. The standard InChI is InChI=1S/C14H11Cl3FNO3/c1-14(2,18)12-10(13(20)21-3)11(19-22-12)9-7(16)4-6(15)5-8(9)17/h4-5H,1-3H3. The van der Waals surface area contributed by atoms with E-state index in [1.807, 2.05) is 0 Å². The number of benzene rings is 1. The molecule has 118 valence electrons. The maximum Gasteiger partial charge on any atom is 0.343 e. The number of carbonyl (C=O) groups is 1. The summed E-state index contributed by atoms with van der Waals surface area (Å²) in [7, 11) is 1.17. The zero-order valence-electron chi connectivity index (χ0n) is 11.8. The summed E-state index contributed by atoms with van der Waals surface area (Å²) < 4.78 is 23.9. The topological polar surface area (TPSA) is 52.3 Å². The van der Waals surface area contributed by atoms with Crippen molar-refractivity contribution in [2.45, 2.75) is 19.5 Å². The van der Waals surface area contributed by atoms with E-state index in [-0.39, 0.29) is 32.6 Å². The molecule has 2 aromatic rings. The zero-order chi connectivity index (χ0) is 16.7. The zero-order valence-corrected chi connectivity index (χ0v) is 14.1. The third-order valence-electron chi connectivity index (χ3n) is 2.87. The van der Waals surface area contributed by atoms with Gasteiger partial charge in [0.15, 0.2) is 11.4 Å². The maximum atomic E-state index is 14.2. The Balaban J connectivity index is 2.78. The number of rotatable bonds is 3. The van der Waals surface area contributed by atoms with Crippen LogP contribution in [0.25, 0.3) is 11.3 Å². The van der Waals surface area contributed by atoms with Gasteiger partial charge in [0.1, 0.15) is 11.3 Å². The van der Waals surface area contributed by atoms with Crippen LogP contribution in [-0.4, -0.2) is 18.2 Å². The third kappa shape index (κ3) is 3.07. The highest BCUT2D eigenvalue weighted by atomic mass is 35.5. The van der Waals surface area contributed by atoms with E-state index in [9.17, 15) is 9.18 Å². The van der Waals surface area contributed by atoms with Crippen molar-refractivity contribution in [3.8, 4) is 11.3 Å². The minimum atomic E-state index is -1.94. The van der Waals surface area contributed by atoms with Gasteiger partial charge in [0.2, 0.25) is 0 Å². The Hall–Kier alpha value is -1.30. The lowest BCUT2D eigenvalue weighted by atomic mass is 9.99. The summed E-state index contributed by atoms with van der Waals surface area (Å²) in [5.74, 6) is -1.07. The van der Waals surface area contributed by atoms with E-state index in [0.29, 0.717) is 5.02 Å². The number of esters is 1. The van der Waals surface area contributed by atoms with Crippen LogP contribution in [0.4, 0.5) is 4.39 Å². The first kappa shape index (κ1) is 17.1. The molecule has 0 saturated heterocycles. The van der Waals surface area contributed by atoms with Gasteiger partial charge < -0.3 is 9.26 Å². The van der Waals surface area contributed by atoms with Crippen LogP contribution in [0.15, 0.2) is 16.7 Å². The second-order valence-electron chi connectivity index (χ2n) is 4.94. The van der Waals surface area contributed by atoms with Crippen molar-refractivity contribution in [2.24, 2.45) is 0 Å². The maximum absolute atomic E-state index is 14.2. The lowest BCUT2D eigenvalue weighted by molar-refractivity contribution is 0.0587. The molecule has 1 aromatic heterocycles. The van der Waals surface area contributed by atoms with Crippen LogP contribution in [0.2, 0.25) is 15.1 Å². The predicted molar refractivity (Wildman–Crippen MR) is 82.4 cm³/mol. The second-order valence-corrected chi connectivity index (χ2v) is 6.19. The molecule has 0 radical (unpaired) electrons. The molecule has 0 N–H and O–H groups in total. The molecule has 2 rings (SSSR count).